The van der Waals surface area contributed by atoms with E-state index < -0.39 is 28.0 Å². The SMILES string of the molecule is CCCNC(=O)CNS(=O)(=O)c1ccc(SC(F)(F)F)cc1. The molecule has 0 saturated heterocycles. The molecule has 0 spiro atoms. The first-order valence-electron chi connectivity index (χ1n) is 6.26. The van der Waals surface area contributed by atoms with E-state index in [9.17, 15) is 26.4 Å². The Kier molecular flexibility index (Phi) is 6.69. The molecule has 1 aromatic rings. The lowest BCUT2D eigenvalue weighted by molar-refractivity contribution is -0.119. The summed E-state index contributed by atoms with van der Waals surface area (Å²) in [6.07, 6.45) is 0.719. The number of amides is 1. The Bertz CT molecular complexity index is 601. The van der Waals surface area contributed by atoms with Crippen molar-refractivity contribution in [3.05, 3.63) is 24.3 Å². The van der Waals surface area contributed by atoms with Crippen molar-refractivity contribution in [2.24, 2.45) is 0 Å². The minimum Gasteiger partial charge on any atom is -0.355 e. The number of sulfonamides is 1. The maximum Gasteiger partial charge on any atom is 0.446 e. The summed E-state index contributed by atoms with van der Waals surface area (Å²) in [4.78, 5) is 11.0. The summed E-state index contributed by atoms with van der Waals surface area (Å²) in [6, 6.07) is 4.23. The lowest BCUT2D eigenvalue weighted by Gasteiger charge is -2.09. The summed E-state index contributed by atoms with van der Waals surface area (Å²) in [5, 5.41) is 2.50. The summed E-state index contributed by atoms with van der Waals surface area (Å²) >= 11 is -0.332. The van der Waals surface area contributed by atoms with Gasteiger partial charge in [0.1, 0.15) is 0 Å². The first kappa shape index (κ1) is 18.8. The molecule has 2 N–H and O–H groups in total. The number of carbonyl (C=O) groups excluding carboxylic acids is 1. The average Bonchev–Trinajstić information content (AvgIpc) is 2.42. The Balaban J connectivity index is 2.67. The topological polar surface area (TPSA) is 75.3 Å². The second-order valence-corrected chi connectivity index (χ2v) is 7.10. The van der Waals surface area contributed by atoms with E-state index in [0.29, 0.717) is 6.54 Å². The van der Waals surface area contributed by atoms with E-state index in [4.69, 9.17) is 0 Å². The highest BCUT2D eigenvalue weighted by Crippen LogP contribution is 2.36. The van der Waals surface area contributed by atoms with Gasteiger partial charge in [-0.05, 0) is 42.4 Å². The van der Waals surface area contributed by atoms with Gasteiger partial charge in [-0.1, -0.05) is 6.92 Å². The molecule has 0 atom stereocenters. The molecule has 0 unspecified atom stereocenters. The molecule has 0 aliphatic carbocycles. The highest BCUT2D eigenvalue weighted by Gasteiger charge is 2.29. The van der Waals surface area contributed by atoms with Crippen molar-refractivity contribution < 1.29 is 26.4 Å². The van der Waals surface area contributed by atoms with Crippen molar-refractivity contribution in [3.8, 4) is 0 Å². The van der Waals surface area contributed by atoms with Crippen LogP contribution in [0.1, 0.15) is 13.3 Å². The molecule has 0 bridgehead atoms. The second-order valence-electron chi connectivity index (χ2n) is 4.19. The first-order valence-corrected chi connectivity index (χ1v) is 8.56. The molecule has 0 radical (unpaired) electrons. The van der Waals surface area contributed by atoms with Gasteiger partial charge in [0.2, 0.25) is 15.9 Å². The molecule has 10 heteroatoms. The summed E-state index contributed by atoms with van der Waals surface area (Å²) in [7, 11) is -3.94. The van der Waals surface area contributed by atoms with Crippen LogP contribution in [0.25, 0.3) is 0 Å². The number of carbonyl (C=O) groups is 1. The molecule has 1 aromatic carbocycles. The quantitative estimate of drug-likeness (QED) is 0.734. The number of thioether (sulfide) groups is 1. The van der Waals surface area contributed by atoms with Gasteiger partial charge < -0.3 is 5.32 Å². The van der Waals surface area contributed by atoms with Crippen LogP contribution in [-0.4, -0.2) is 32.9 Å². The Morgan fingerprint density at radius 1 is 1.23 bits per heavy atom. The number of halogens is 3. The van der Waals surface area contributed by atoms with Crippen LogP contribution in [0.5, 0.6) is 0 Å². The van der Waals surface area contributed by atoms with E-state index in [-0.39, 0.29) is 21.6 Å². The molecule has 22 heavy (non-hydrogen) atoms. The first-order chi connectivity index (χ1) is 10.1. The van der Waals surface area contributed by atoms with Crippen molar-refractivity contribution in [3.63, 3.8) is 0 Å². The van der Waals surface area contributed by atoms with Crippen LogP contribution in [0, 0.1) is 0 Å². The molecule has 0 aromatic heterocycles. The predicted octanol–water partition coefficient (Wildman–Crippen LogP) is 2.10. The summed E-state index contributed by atoms with van der Waals surface area (Å²) in [6.45, 7) is 1.86. The van der Waals surface area contributed by atoms with Crippen LogP contribution in [0.15, 0.2) is 34.1 Å². The fourth-order valence-electron chi connectivity index (χ4n) is 1.39. The van der Waals surface area contributed by atoms with Crippen molar-refractivity contribution >= 4 is 27.7 Å². The lowest BCUT2D eigenvalue weighted by atomic mass is 10.4. The number of alkyl halides is 3. The molecule has 0 heterocycles. The van der Waals surface area contributed by atoms with Crippen molar-refractivity contribution in [2.45, 2.75) is 28.6 Å². The fraction of sp³-hybridized carbons (Fsp3) is 0.417. The molecule has 0 saturated carbocycles. The maximum absolute atomic E-state index is 12.2. The van der Waals surface area contributed by atoms with E-state index in [1.165, 1.54) is 0 Å². The summed E-state index contributed by atoms with van der Waals surface area (Å²) in [5.41, 5.74) is -4.43. The van der Waals surface area contributed by atoms with Crippen molar-refractivity contribution in [2.75, 3.05) is 13.1 Å². The van der Waals surface area contributed by atoms with Crippen LogP contribution >= 0.6 is 11.8 Å². The normalized spacial score (nSPS) is 12.2. The molecule has 1 rings (SSSR count). The zero-order chi connectivity index (χ0) is 16.8. The van der Waals surface area contributed by atoms with Gasteiger partial charge in [-0.3, -0.25) is 4.79 Å². The average molecular weight is 356 g/mol. The van der Waals surface area contributed by atoms with Gasteiger partial charge >= 0.3 is 5.51 Å². The number of hydrogen-bond acceptors (Lipinski definition) is 4. The summed E-state index contributed by atoms with van der Waals surface area (Å²) in [5.74, 6) is -0.477. The minimum atomic E-state index is -4.43. The number of hydrogen-bond donors (Lipinski definition) is 2. The molecular formula is C12H15F3N2O3S2. The van der Waals surface area contributed by atoms with E-state index >= 15 is 0 Å². The second kappa shape index (κ2) is 7.84. The van der Waals surface area contributed by atoms with Gasteiger partial charge in [-0.2, -0.15) is 13.2 Å². The maximum atomic E-state index is 12.2. The highest BCUT2D eigenvalue weighted by atomic mass is 32.2. The third kappa shape index (κ3) is 6.67. The third-order valence-corrected chi connectivity index (χ3v) is 4.52. The van der Waals surface area contributed by atoms with Crippen molar-refractivity contribution in [1.29, 1.82) is 0 Å². The molecular weight excluding hydrogens is 341 g/mol. The summed E-state index contributed by atoms with van der Waals surface area (Å²) < 4.78 is 62.4. The van der Waals surface area contributed by atoms with Crippen LogP contribution in [0.2, 0.25) is 0 Å². The number of benzene rings is 1. The van der Waals surface area contributed by atoms with E-state index in [1.807, 2.05) is 6.92 Å². The zero-order valence-electron chi connectivity index (χ0n) is 11.6. The molecule has 0 aliphatic rings. The van der Waals surface area contributed by atoms with E-state index in [0.717, 1.165) is 30.7 Å². The Labute approximate surface area is 130 Å². The number of nitrogens with one attached hydrogen (secondary N) is 2. The van der Waals surface area contributed by atoms with Gasteiger partial charge in [0, 0.05) is 11.4 Å². The van der Waals surface area contributed by atoms with Gasteiger partial charge in [-0.15, -0.1) is 0 Å². The molecule has 5 nitrogen and oxygen atoms in total. The monoisotopic (exact) mass is 356 g/mol. The Hall–Kier alpha value is -1.26. The van der Waals surface area contributed by atoms with Crippen LogP contribution in [-0.2, 0) is 14.8 Å². The van der Waals surface area contributed by atoms with Crippen molar-refractivity contribution in [1.82, 2.24) is 10.0 Å². The van der Waals surface area contributed by atoms with Crippen LogP contribution in [0.3, 0.4) is 0 Å². The fourth-order valence-corrected chi connectivity index (χ4v) is 2.91. The molecule has 0 fully saturated rings. The van der Waals surface area contributed by atoms with Crippen LogP contribution in [0.4, 0.5) is 13.2 Å². The van der Waals surface area contributed by atoms with Gasteiger partial charge in [0.15, 0.2) is 0 Å². The molecule has 1 amide bonds. The lowest BCUT2D eigenvalue weighted by Crippen LogP contribution is -2.37. The van der Waals surface area contributed by atoms with Gasteiger partial charge in [0.05, 0.1) is 11.4 Å². The Morgan fingerprint density at radius 2 is 1.82 bits per heavy atom. The molecule has 124 valence electrons. The predicted molar refractivity (Wildman–Crippen MR) is 76.8 cm³/mol. The molecule has 0 aliphatic heterocycles. The van der Waals surface area contributed by atoms with E-state index in [1.54, 1.807) is 0 Å². The van der Waals surface area contributed by atoms with E-state index in [2.05, 4.69) is 10.0 Å². The largest absolute Gasteiger partial charge is 0.446 e. The Morgan fingerprint density at radius 3 is 2.32 bits per heavy atom. The van der Waals surface area contributed by atoms with Gasteiger partial charge in [0.25, 0.3) is 0 Å². The zero-order valence-corrected chi connectivity index (χ0v) is 13.2. The smallest absolute Gasteiger partial charge is 0.355 e. The standard InChI is InChI=1S/C12H15F3N2O3S2/c1-2-7-16-11(18)8-17-22(19,20)10-5-3-9(4-6-10)21-12(13,14)15/h3-6,17H,2,7-8H2,1H3,(H,16,18). The van der Waals surface area contributed by atoms with Gasteiger partial charge in [-0.25, -0.2) is 13.1 Å². The minimum absolute atomic E-state index is 0.118. The number of rotatable bonds is 7. The third-order valence-electron chi connectivity index (χ3n) is 2.36. The highest BCUT2D eigenvalue weighted by molar-refractivity contribution is 8.00. The van der Waals surface area contributed by atoms with Crippen LogP contribution < -0.4 is 10.0 Å².